The van der Waals surface area contributed by atoms with E-state index >= 15 is 0 Å². The summed E-state index contributed by atoms with van der Waals surface area (Å²) in [6.07, 6.45) is 5.06. The number of pyridine rings is 1. The van der Waals surface area contributed by atoms with Gasteiger partial charge in [-0.1, -0.05) is 42.1 Å². The van der Waals surface area contributed by atoms with E-state index in [1.54, 1.807) is 24.7 Å². The molecule has 0 radical (unpaired) electrons. The topological polar surface area (TPSA) is 85.8 Å². The molecule has 30 heavy (non-hydrogen) atoms. The van der Waals surface area contributed by atoms with E-state index in [2.05, 4.69) is 32.6 Å². The van der Waals surface area contributed by atoms with Gasteiger partial charge >= 0.3 is 0 Å². The largest absolute Gasteiger partial charge is 0.467 e. The van der Waals surface area contributed by atoms with Gasteiger partial charge in [0, 0.05) is 18.0 Å². The highest BCUT2D eigenvalue weighted by Crippen LogP contribution is 2.25. The SMILES string of the molecule is C[C@@H](NC(=O)CSc1nnc(-c2ccncc2)n1Cc1ccccc1)c1ccco1. The molecule has 0 unspecified atom stereocenters. The zero-order valence-corrected chi connectivity index (χ0v) is 17.2. The van der Waals surface area contributed by atoms with Crippen LogP contribution in [-0.2, 0) is 11.3 Å². The third-order valence-corrected chi connectivity index (χ3v) is 5.49. The molecule has 3 heterocycles. The molecular weight excluding hydrogens is 398 g/mol. The highest BCUT2D eigenvalue weighted by Gasteiger charge is 2.17. The number of carbonyl (C=O) groups excluding carboxylic acids is 1. The van der Waals surface area contributed by atoms with Gasteiger partial charge in [0.05, 0.1) is 24.6 Å². The van der Waals surface area contributed by atoms with Crippen LogP contribution in [0.1, 0.15) is 24.3 Å². The predicted octanol–water partition coefficient (Wildman–Crippen LogP) is 3.95. The van der Waals surface area contributed by atoms with E-state index in [9.17, 15) is 4.79 Å². The van der Waals surface area contributed by atoms with Gasteiger partial charge in [0.15, 0.2) is 11.0 Å². The van der Waals surface area contributed by atoms with Crippen LogP contribution in [0.15, 0.2) is 82.8 Å². The maximum Gasteiger partial charge on any atom is 0.231 e. The number of thioether (sulfide) groups is 1. The van der Waals surface area contributed by atoms with Crippen LogP contribution in [0.5, 0.6) is 0 Å². The lowest BCUT2D eigenvalue weighted by atomic mass is 10.2. The second kappa shape index (κ2) is 9.41. The Kier molecular flexibility index (Phi) is 6.24. The smallest absolute Gasteiger partial charge is 0.231 e. The Bertz CT molecular complexity index is 1080. The summed E-state index contributed by atoms with van der Waals surface area (Å²) in [7, 11) is 0. The van der Waals surface area contributed by atoms with E-state index in [0.717, 1.165) is 22.7 Å². The number of aromatic nitrogens is 4. The molecule has 0 aliphatic rings. The minimum absolute atomic E-state index is 0.0939. The number of furan rings is 1. The Labute approximate surface area is 178 Å². The summed E-state index contributed by atoms with van der Waals surface area (Å²) in [6, 6.07) is 17.4. The van der Waals surface area contributed by atoms with E-state index in [1.165, 1.54) is 11.8 Å². The first-order chi connectivity index (χ1) is 14.7. The maximum absolute atomic E-state index is 12.4. The summed E-state index contributed by atoms with van der Waals surface area (Å²) >= 11 is 1.36. The quantitative estimate of drug-likeness (QED) is 0.435. The summed E-state index contributed by atoms with van der Waals surface area (Å²) in [6.45, 7) is 2.50. The first-order valence-electron chi connectivity index (χ1n) is 9.54. The molecule has 0 spiro atoms. The molecule has 1 atom stereocenters. The average Bonchev–Trinajstić information content (AvgIpc) is 3.44. The summed E-state index contributed by atoms with van der Waals surface area (Å²) in [4.78, 5) is 16.5. The lowest BCUT2D eigenvalue weighted by Crippen LogP contribution is -2.28. The molecule has 0 aliphatic carbocycles. The average molecular weight is 420 g/mol. The van der Waals surface area contributed by atoms with Crippen molar-refractivity contribution in [3.63, 3.8) is 0 Å². The fraction of sp³-hybridized carbons (Fsp3) is 0.182. The number of hydrogen-bond acceptors (Lipinski definition) is 6. The van der Waals surface area contributed by atoms with Crippen LogP contribution in [0.25, 0.3) is 11.4 Å². The Morgan fingerprint density at radius 3 is 2.63 bits per heavy atom. The number of nitrogens with one attached hydrogen (secondary N) is 1. The van der Waals surface area contributed by atoms with Crippen molar-refractivity contribution in [1.82, 2.24) is 25.1 Å². The summed E-state index contributed by atoms with van der Waals surface area (Å²) in [5.74, 6) is 1.60. The number of hydrogen-bond donors (Lipinski definition) is 1. The minimum atomic E-state index is -0.192. The third kappa shape index (κ3) is 4.77. The molecule has 1 aromatic carbocycles. The third-order valence-electron chi connectivity index (χ3n) is 4.52. The highest BCUT2D eigenvalue weighted by molar-refractivity contribution is 7.99. The molecule has 0 aliphatic heterocycles. The van der Waals surface area contributed by atoms with Crippen LogP contribution in [0.2, 0.25) is 0 Å². The number of benzene rings is 1. The number of rotatable bonds is 8. The van der Waals surface area contributed by atoms with Crippen molar-refractivity contribution >= 4 is 17.7 Å². The van der Waals surface area contributed by atoms with Crippen molar-refractivity contribution in [2.75, 3.05) is 5.75 Å². The van der Waals surface area contributed by atoms with Crippen molar-refractivity contribution in [3.8, 4) is 11.4 Å². The van der Waals surface area contributed by atoms with Gasteiger partial charge in [0.1, 0.15) is 5.76 Å². The van der Waals surface area contributed by atoms with Crippen LogP contribution >= 0.6 is 11.8 Å². The van der Waals surface area contributed by atoms with Crippen molar-refractivity contribution in [3.05, 3.63) is 84.6 Å². The second-order valence-electron chi connectivity index (χ2n) is 6.71. The first kappa shape index (κ1) is 19.9. The van der Waals surface area contributed by atoms with Crippen molar-refractivity contribution in [2.45, 2.75) is 24.7 Å². The fourth-order valence-electron chi connectivity index (χ4n) is 3.04. The molecule has 0 saturated heterocycles. The highest BCUT2D eigenvalue weighted by atomic mass is 32.2. The van der Waals surface area contributed by atoms with Gasteiger partial charge in [0.25, 0.3) is 0 Å². The van der Waals surface area contributed by atoms with Crippen LogP contribution in [0.3, 0.4) is 0 Å². The normalized spacial score (nSPS) is 11.9. The van der Waals surface area contributed by atoms with Crippen molar-refractivity contribution < 1.29 is 9.21 Å². The zero-order valence-electron chi connectivity index (χ0n) is 16.4. The van der Waals surface area contributed by atoms with E-state index in [4.69, 9.17) is 4.42 Å². The standard InChI is InChI=1S/C22H21N5O2S/c1-16(19-8-5-13-29-19)24-20(28)15-30-22-26-25-21(18-9-11-23-12-10-18)27(22)14-17-6-3-2-4-7-17/h2-13,16H,14-15H2,1H3,(H,24,28)/t16-/m1/s1. The minimum Gasteiger partial charge on any atom is -0.467 e. The van der Waals surface area contributed by atoms with Gasteiger partial charge in [-0.05, 0) is 36.8 Å². The van der Waals surface area contributed by atoms with Gasteiger partial charge < -0.3 is 9.73 Å². The molecule has 3 aromatic heterocycles. The summed E-state index contributed by atoms with van der Waals surface area (Å²) < 4.78 is 7.37. The molecule has 8 heteroatoms. The molecule has 0 bridgehead atoms. The number of amides is 1. The Morgan fingerprint density at radius 2 is 1.90 bits per heavy atom. The summed E-state index contributed by atoms with van der Waals surface area (Å²) in [5, 5.41) is 12.4. The van der Waals surface area contributed by atoms with E-state index in [1.807, 2.05) is 47.9 Å². The summed E-state index contributed by atoms with van der Waals surface area (Å²) in [5.41, 5.74) is 2.06. The van der Waals surface area contributed by atoms with Crippen molar-refractivity contribution in [2.24, 2.45) is 0 Å². The lowest BCUT2D eigenvalue weighted by molar-refractivity contribution is -0.119. The van der Waals surface area contributed by atoms with Crippen molar-refractivity contribution in [1.29, 1.82) is 0 Å². The van der Waals surface area contributed by atoms with Crippen LogP contribution < -0.4 is 5.32 Å². The molecule has 4 rings (SSSR count). The fourth-order valence-corrected chi connectivity index (χ4v) is 3.79. The molecule has 7 nitrogen and oxygen atoms in total. The van der Waals surface area contributed by atoms with E-state index in [0.29, 0.717) is 11.7 Å². The van der Waals surface area contributed by atoms with Crippen LogP contribution in [-0.4, -0.2) is 31.4 Å². The first-order valence-corrected chi connectivity index (χ1v) is 10.5. The lowest BCUT2D eigenvalue weighted by Gasteiger charge is -2.12. The van der Waals surface area contributed by atoms with Gasteiger partial charge in [-0.15, -0.1) is 10.2 Å². The van der Waals surface area contributed by atoms with Crippen LogP contribution in [0, 0.1) is 0 Å². The maximum atomic E-state index is 12.4. The molecule has 4 aromatic rings. The monoisotopic (exact) mass is 419 g/mol. The molecule has 0 fully saturated rings. The molecule has 1 N–H and O–H groups in total. The molecule has 1 amide bonds. The number of nitrogens with zero attached hydrogens (tertiary/aromatic N) is 4. The van der Waals surface area contributed by atoms with E-state index in [-0.39, 0.29) is 17.7 Å². The molecule has 0 saturated carbocycles. The second-order valence-corrected chi connectivity index (χ2v) is 7.65. The van der Waals surface area contributed by atoms with Gasteiger partial charge in [-0.25, -0.2) is 0 Å². The molecular formula is C22H21N5O2S. The number of carbonyl (C=O) groups is 1. The van der Waals surface area contributed by atoms with Crippen LogP contribution in [0.4, 0.5) is 0 Å². The van der Waals surface area contributed by atoms with Gasteiger partial charge in [-0.3, -0.25) is 14.3 Å². The van der Waals surface area contributed by atoms with Gasteiger partial charge in [-0.2, -0.15) is 0 Å². The molecule has 152 valence electrons. The Morgan fingerprint density at radius 1 is 1.10 bits per heavy atom. The predicted molar refractivity (Wildman–Crippen MR) is 115 cm³/mol. The zero-order chi connectivity index (χ0) is 20.8. The Balaban J connectivity index is 1.51. The van der Waals surface area contributed by atoms with Gasteiger partial charge in [0.2, 0.25) is 5.91 Å². The van der Waals surface area contributed by atoms with E-state index < -0.39 is 0 Å². The Hall–Kier alpha value is -3.39.